The van der Waals surface area contributed by atoms with Gasteiger partial charge in [-0.3, -0.25) is 14.5 Å². The fourth-order valence-corrected chi connectivity index (χ4v) is 3.85. The number of nitrogens with one attached hydrogen (secondary N) is 2. The SMILES string of the molecule is CN1C(=O)CC(C(=O)NCCN2CCNCC2)C1c1cccc(Cl)c1.Cl. The second-order valence-corrected chi connectivity index (χ2v) is 7.13. The van der Waals surface area contributed by atoms with Crippen molar-refractivity contribution < 1.29 is 9.59 Å². The molecule has 6 nitrogen and oxygen atoms in total. The molecular formula is C18H26Cl2N4O2. The molecule has 0 aliphatic carbocycles. The van der Waals surface area contributed by atoms with Gasteiger partial charge in [-0.25, -0.2) is 0 Å². The van der Waals surface area contributed by atoms with Crippen LogP contribution in [0.3, 0.4) is 0 Å². The van der Waals surface area contributed by atoms with Gasteiger partial charge in [-0.2, -0.15) is 0 Å². The molecule has 2 atom stereocenters. The number of benzene rings is 1. The van der Waals surface area contributed by atoms with E-state index in [1.54, 1.807) is 18.0 Å². The first kappa shape index (κ1) is 21.0. The molecule has 144 valence electrons. The number of nitrogens with zero attached hydrogens (tertiary/aromatic N) is 2. The number of likely N-dealkylation sites (tertiary alicyclic amines) is 1. The van der Waals surface area contributed by atoms with Crippen LogP contribution < -0.4 is 10.6 Å². The van der Waals surface area contributed by atoms with Crippen LogP contribution in [0.5, 0.6) is 0 Å². The lowest BCUT2D eigenvalue weighted by Gasteiger charge is -2.28. The minimum absolute atomic E-state index is 0. The second kappa shape index (κ2) is 9.55. The van der Waals surface area contributed by atoms with Crippen LogP contribution in [0.4, 0.5) is 0 Å². The van der Waals surface area contributed by atoms with E-state index in [1.165, 1.54) is 0 Å². The number of carbonyl (C=O) groups is 2. The van der Waals surface area contributed by atoms with Crippen molar-refractivity contribution >= 4 is 35.8 Å². The summed E-state index contributed by atoms with van der Waals surface area (Å²) in [6, 6.07) is 7.15. The zero-order chi connectivity index (χ0) is 17.8. The van der Waals surface area contributed by atoms with Gasteiger partial charge in [0.1, 0.15) is 0 Å². The first-order valence-electron chi connectivity index (χ1n) is 8.78. The van der Waals surface area contributed by atoms with Crippen molar-refractivity contribution in [3.8, 4) is 0 Å². The Labute approximate surface area is 165 Å². The molecule has 2 saturated heterocycles. The number of halogens is 2. The average Bonchev–Trinajstić information content (AvgIpc) is 2.91. The maximum atomic E-state index is 12.7. The molecule has 2 unspecified atom stereocenters. The van der Waals surface area contributed by atoms with Gasteiger partial charge >= 0.3 is 0 Å². The van der Waals surface area contributed by atoms with Crippen LogP contribution in [0.2, 0.25) is 5.02 Å². The number of amides is 2. The first-order valence-corrected chi connectivity index (χ1v) is 9.16. The van der Waals surface area contributed by atoms with E-state index in [9.17, 15) is 9.59 Å². The maximum absolute atomic E-state index is 12.7. The molecule has 2 amide bonds. The van der Waals surface area contributed by atoms with Crippen LogP contribution in [0.25, 0.3) is 0 Å². The van der Waals surface area contributed by atoms with Crippen LogP contribution in [0.15, 0.2) is 24.3 Å². The van der Waals surface area contributed by atoms with E-state index in [0.29, 0.717) is 11.6 Å². The summed E-state index contributed by atoms with van der Waals surface area (Å²) in [5.74, 6) is -0.441. The fraction of sp³-hybridized carbons (Fsp3) is 0.556. The summed E-state index contributed by atoms with van der Waals surface area (Å²) in [7, 11) is 1.75. The van der Waals surface area contributed by atoms with Gasteiger partial charge in [-0.15, -0.1) is 12.4 Å². The van der Waals surface area contributed by atoms with E-state index in [0.717, 1.165) is 38.3 Å². The molecule has 2 aliphatic heterocycles. The number of rotatable bonds is 5. The molecule has 2 heterocycles. The molecule has 2 fully saturated rings. The predicted molar refractivity (Wildman–Crippen MR) is 105 cm³/mol. The highest BCUT2D eigenvalue weighted by molar-refractivity contribution is 6.30. The maximum Gasteiger partial charge on any atom is 0.226 e. The van der Waals surface area contributed by atoms with Gasteiger partial charge in [-0.1, -0.05) is 23.7 Å². The first-order chi connectivity index (χ1) is 12.1. The molecule has 8 heteroatoms. The predicted octanol–water partition coefficient (Wildman–Crippen LogP) is 1.30. The minimum Gasteiger partial charge on any atom is -0.354 e. The van der Waals surface area contributed by atoms with Gasteiger partial charge in [0.2, 0.25) is 11.8 Å². The Hall–Kier alpha value is -1.34. The quantitative estimate of drug-likeness (QED) is 0.781. The largest absolute Gasteiger partial charge is 0.354 e. The molecule has 0 radical (unpaired) electrons. The highest BCUT2D eigenvalue weighted by Gasteiger charge is 2.42. The summed E-state index contributed by atoms with van der Waals surface area (Å²) < 4.78 is 0. The summed E-state index contributed by atoms with van der Waals surface area (Å²) in [6.07, 6.45) is 0.243. The van der Waals surface area contributed by atoms with Gasteiger partial charge < -0.3 is 15.5 Å². The van der Waals surface area contributed by atoms with Gasteiger partial charge in [0, 0.05) is 57.8 Å². The van der Waals surface area contributed by atoms with Gasteiger partial charge in [0.15, 0.2) is 0 Å². The summed E-state index contributed by atoms with van der Waals surface area (Å²) in [5, 5.41) is 6.94. The Bertz CT molecular complexity index is 637. The molecule has 0 spiro atoms. The molecule has 26 heavy (non-hydrogen) atoms. The van der Waals surface area contributed by atoms with E-state index in [2.05, 4.69) is 15.5 Å². The second-order valence-electron chi connectivity index (χ2n) is 6.70. The summed E-state index contributed by atoms with van der Waals surface area (Å²) in [6.45, 7) is 5.44. The topological polar surface area (TPSA) is 64.7 Å². The smallest absolute Gasteiger partial charge is 0.226 e. The summed E-state index contributed by atoms with van der Waals surface area (Å²) in [5.41, 5.74) is 0.906. The van der Waals surface area contributed by atoms with Gasteiger partial charge in [0.25, 0.3) is 0 Å². The van der Waals surface area contributed by atoms with Crippen molar-refractivity contribution in [2.75, 3.05) is 46.3 Å². The van der Waals surface area contributed by atoms with E-state index < -0.39 is 0 Å². The third-order valence-electron chi connectivity index (χ3n) is 5.05. The zero-order valence-corrected chi connectivity index (χ0v) is 16.5. The number of hydrogen-bond acceptors (Lipinski definition) is 4. The summed E-state index contributed by atoms with van der Waals surface area (Å²) >= 11 is 6.09. The highest BCUT2D eigenvalue weighted by Crippen LogP contribution is 2.37. The van der Waals surface area contributed by atoms with Crippen molar-refractivity contribution in [2.45, 2.75) is 12.5 Å². The van der Waals surface area contributed by atoms with Crippen molar-refractivity contribution in [3.05, 3.63) is 34.9 Å². The minimum atomic E-state index is -0.376. The Morgan fingerprint density at radius 1 is 1.35 bits per heavy atom. The third kappa shape index (κ3) is 4.88. The number of hydrogen-bond donors (Lipinski definition) is 2. The lowest BCUT2D eigenvalue weighted by molar-refractivity contribution is -0.128. The lowest BCUT2D eigenvalue weighted by atomic mass is 9.93. The van der Waals surface area contributed by atoms with E-state index >= 15 is 0 Å². The number of piperazine rings is 1. The van der Waals surface area contributed by atoms with Crippen LogP contribution >= 0.6 is 24.0 Å². The van der Waals surface area contributed by atoms with Crippen molar-refractivity contribution in [2.24, 2.45) is 5.92 Å². The van der Waals surface area contributed by atoms with Crippen LogP contribution in [0, 0.1) is 5.92 Å². The highest BCUT2D eigenvalue weighted by atomic mass is 35.5. The van der Waals surface area contributed by atoms with E-state index in [4.69, 9.17) is 11.6 Å². The fourth-order valence-electron chi connectivity index (χ4n) is 3.65. The van der Waals surface area contributed by atoms with Crippen LogP contribution in [0.1, 0.15) is 18.0 Å². The van der Waals surface area contributed by atoms with Crippen molar-refractivity contribution in [3.63, 3.8) is 0 Å². The Morgan fingerprint density at radius 3 is 2.77 bits per heavy atom. The van der Waals surface area contributed by atoms with Gasteiger partial charge in [0.05, 0.1) is 12.0 Å². The Kier molecular flexibility index (Phi) is 7.70. The van der Waals surface area contributed by atoms with Gasteiger partial charge in [-0.05, 0) is 17.7 Å². The molecule has 2 aliphatic rings. The van der Waals surface area contributed by atoms with Crippen LogP contribution in [-0.2, 0) is 9.59 Å². The molecular weight excluding hydrogens is 375 g/mol. The third-order valence-corrected chi connectivity index (χ3v) is 5.29. The standard InChI is InChI=1S/C18H25ClN4O2.ClH/c1-22-16(24)12-15(17(22)13-3-2-4-14(19)11-13)18(25)21-7-10-23-8-5-20-6-9-23;/h2-4,11,15,17,20H,5-10,12H2,1H3,(H,21,25);1H. The Morgan fingerprint density at radius 2 is 2.08 bits per heavy atom. The molecule has 1 aromatic carbocycles. The van der Waals surface area contributed by atoms with E-state index in [1.807, 2.05) is 18.2 Å². The molecule has 0 aromatic heterocycles. The monoisotopic (exact) mass is 400 g/mol. The molecule has 2 N–H and O–H groups in total. The van der Waals surface area contributed by atoms with Crippen molar-refractivity contribution in [1.29, 1.82) is 0 Å². The normalized spacial score (nSPS) is 23.6. The molecule has 0 bridgehead atoms. The molecule has 0 saturated carbocycles. The lowest BCUT2D eigenvalue weighted by Crippen LogP contribution is -2.46. The van der Waals surface area contributed by atoms with E-state index in [-0.39, 0.29) is 42.6 Å². The average molecular weight is 401 g/mol. The van der Waals surface area contributed by atoms with Crippen molar-refractivity contribution in [1.82, 2.24) is 20.4 Å². The Balaban J connectivity index is 0.00000243. The molecule has 3 rings (SSSR count). The molecule has 1 aromatic rings. The zero-order valence-electron chi connectivity index (χ0n) is 14.9. The summed E-state index contributed by atoms with van der Waals surface area (Å²) in [4.78, 5) is 28.9. The van der Waals surface area contributed by atoms with Crippen LogP contribution in [-0.4, -0.2) is 67.9 Å². The number of carbonyl (C=O) groups excluding carboxylic acids is 2.